The molecule has 0 fully saturated rings. The number of hydrogen-bond acceptors (Lipinski definition) is 2. The maximum absolute atomic E-state index is 13.3. The minimum absolute atomic E-state index is 0.104. The highest BCUT2D eigenvalue weighted by molar-refractivity contribution is 7.98. The molecule has 2 rings (SSSR count). The van der Waals surface area contributed by atoms with Gasteiger partial charge in [0.2, 0.25) is 0 Å². The highest BCUT2D eigenvalue weighted by Gasteiger charge is 2.12. The summed E-state index contributed by atoms with van der Waals surface area (Å²) in [5.41, 5.74) is 0.999. The third-order valence-corrected chi connectivity index (χ3v) is 4.03. The van der Waals surface area contributed by atoms with Crippen molar-refractivity contribution in [2.75, 3.05) is 6.26 Å². The largest absolute Gasteiger partial charge is 0.204 e. The number of rotatable bonds is 3. The molecule has 0 amide bonds. The third kappa shape index (κ3) is 3.44. The van der Waals surface area contributed by atoms with Crippen molar-refractivity contribution in [2.24, 2.45) is 0 Å². The summed E-state index contributed by atoms with van der Waals surface area (Å²) in [5, 5.41) is 9.46. The molecular formula is C16H10ClF2NS. The lowest BCUT2D eigenvalue weighted by molar-refractivity contribution is 0.508. The molecule has 0 spiro atoms. The second-order valence-corrected chi connectivity index (χ2v) is 5.42. The van der Waals surface area contributed by atoms with Crippen molar-refractivity contribution in [3.05, 3.63) is 65.2 Å². The van der Waals surface area contributed by atoms with E-state index in [0.717, 1.165) is 17.0 Å². The normalized spacial score (nSPS) is 11.8. The molecule has 0 radical (unpaired) electrons. The SMILES string of the molecule is CSc1ccc(/C(Cl)=C(/C#N)c2ccc(F)c(F)c2)cc1. The summed E-state index contributed by atoms with van der Waals surface area (Å²) in [5.74, 6) is -1.97. The zero-order valence-corrected chi connectivity index (χ0v) is 12.6. The molecule has 0 aromatic heterocycles. The van der Waals surface area contributed by atoms with Crippen molar-refractivity contribution < 1.29 is 8.78 Å². The van der Waals surface area contributed by atoms with Crippen LogP contribution >= 0.6 is 23.4 Å². The molecule has 0 bridgehead atoms. The molecule has 0 saturated heterocycles. The minimum atomic E-state index is -1.01. The highest BCUT2D eigenvalue weighted by Crippen LogP contribution is 2.30. The Bertz CT molecular complexity index is 733. The van der Waals surface area contributed by atoms with Crippen LogP contribution in [0.2, 0.25) is 0 Å². The number of nitrogens with zero attached hydrogens (tertiary/aromatic N) is 1. The lowest BCUT2D eigenvalue weighted by Crippen LogP contribution is -1.90. The predicted molar refractivity (Wildman–Crippen MR) is 82.9 cm³/mol. The third-order valence-electron chi connectivity index (χ3n) is 2.88. The molecule has 0 heterocycles. The Morgan fingerprint density at radius 3 is 2.19 bits per heavy atom. The zero-order chi connectivity index (χ0) is 15.4. The van der Waals surface area contributed by atoms with E-state index in [9.17, 15) is 14.0 Å². The van der Waals surface area contributed by atoms with Crippen LogP contribution in [-0.2, 0) is 0 Å². The molecule has 0 aliphatic carbocycles. The van der Waals surface area contributed by atoms with Crippen LogP contribution in [0.5, 0.6) is 0 Å². The molecule has 106 valence electrons. The molecule has 0 aliphatic heterocycles. The van der Waals surface area contributed by atoms with Crippen LogP contribution in [0.3, 0.4) is 0 Å². The van der Waals surface area contributed by atoms with Gasteiger partial charge in [0.05, 0.1) is 10.6 Å². The van der Waals surface area contributed by atoms with Crippen LogP contribution in [0.1, 0.15) is 11.1 Å². The van der Waals surface area contributed by atoms with Crippen molar-refractivity contribution in [1.29, 1.82) is 5.26 Å². The van der Waals surface area contributed by atoms with Gasteiger partial charge in [-0.2, -0.15) is 5.26 Å². The summed E-state index contributed by atoms with van der Waals surface area (Å²) in [7, 11) is 0. The van der Waals surface area contributed by atoms with Crippen LogP contribution in [0.25, 0.3) is 10.6 Å². The van der Waals surface area contributed by atoms with E-state index in [1.807, 2.05) is 24.5 Å². The Labute approximate surface area is 130 Å². The molecule has 1 nitrogen and oxygen atoms in total. The van der Waals surface area contributed by atoms with Gasteiger partial charge in [0.15, 0.2) is 11.6 Å². The van der Waals surface area contributed by atoms with E-state index in [1.54, 1.807) is 23.9 Å². The Hall–Kier alpha value is -1.83. The number of nitriles is 1. The molecule has 2 aromatic carbocycles. The first kappa shape index (κ1) is 15.6. The van der Waals surface area contributed by atoms with Crippen LogP contribution in [0.4, 0.5) is 8.78 Å². The lowest BCUT2D eigenvalue weighted by atomic mass is 10.0. The van der Waals surface area contributed by atoms with Gasteiger partial charge < -0.3 is 0 Å². The summed E-state index contributed by atoms with van der Waals surface area (Å²) in [6, 6.07) is 12.5. The first-order valence-electron chi connectivity index (χ1n) is 5.96. The first-order valence-corrected chi connectivity index (χ1v) is 7.57. The second-order valence-electron chi connectivity index (χ2n) is 4.16. The van der Waals surface area contributed by atoms with Crippen LogP contribution < -0.4 is 0 Å². The predicted octanol–water partition coefficient (Wildman–Crippen LogP) is 5.32. The molecular weight excluding hydrogens is 312 g/mol. The maximum Gasteiger partial charge on any atom is 0.159 e. The van der Waals surface area contributed by atoms with Gasteiger partial charge in [-0.15, -0.1) is 11.8 Å². The van der Waals surface area contributed by atoms with E-state index in [1.165, 1.54) is 6.07 Å². The maximum atomic E-state index is 13.3. The Morgan fingerprint density at radius 2 is 1.67 bits per heavy atom. The quantitative estimate of drug-likeness (QED) is 0.434. The summed E-state index contributed by atoms with van der Waals surface area (Å²) in [6.45, 7) is 0. The monoisotopic (exact) mass is 321 g/mol. The standard InChI is InChI=1S/C16H10ClF2NS/c1-21-12-5-2-10(3-6-12)16(17)13(9-20)11-4-7-14(18)15(19)8-11/h2-8H,1H3/b16-13+. The van der Waals surface area contributed by atoms with Crippen molar-refractivity contribution in [3.8, 4) is 6.07 Å². The fraction of sp³-hybridized carbons (Fsp3) is 0.0625. The fourth-order valence-corrected chi connectivity index (χ4v) is 2.46. The van der Waals surface area contributed by atoms with Crippen LogP contribution in [0.15, 0.2) is 47.4 Å². The van der Waals surface area contributed by atoms with Crippen LogP contribution in [-0.4, -0.2) is 6.26 Å². The summed E-state index contributed by atoms with van der Waals surface area (Å²) in [4.78, 5) is 1.06. The van der Waals surface area contributed by atoms with Gasteiger partial charge in [-0.3, -0.25) is 0 Å². The number of allylic oxidation sites excluding steroid dienone is 1. The molecule has 0 saturated carbocycles. The smallest absolute Gasteiger partial charge is 0.159 e. The Morgan fingerprint density at radius 1 is 1.05 bits per heavy atom. The number of halogens is 3. The summed E-state index contributed by atoms with van der Waals surface area (Å²) < 4.78 is 26.3. The average Bonchev–Trinajstić information content (AvgIpc) is 2.51. The Kier molecular flexibility index (Phi) is 5.00. The van der Waals surface area contributed by atoms with Gasteiger partial charge in [-0.05, 0) is 41.6 Å². The van der Waals surface area contributed by atoms with Gasteiger partial charge in [-0.25, -0.2) is 8.78 Å². The molecule has 0 N–H and O–H groups in total. The fourth-order valence-electron chi connectivity index (χ4n) is 1.77. The van der Waals surface area contributed by atoms with E-state index >= 15 is 0 Å². The first-order chi connectivity index (χ1) is 10.1. The van der Waals surface area contributed by atoms with E-state index in [-0.39, 0.29) is 16.2 Å². The van der Waals surface area contributed by atoms with Crippen molar-refractivity contribution in [2.45, 2.75) is 4.90 Å². The molecule has 2 aromatic rings. The van der Waals surface area contributed by atoms with E-state index in [2.05, 4.69) is 0 Å². The lowest BCUT2D eigenvalue weighted by Gasteiger charge is -2.06. The van der Waals surface area contributed by atoms with Gasteiger partial charge in [-0.1, -0.05) is 29.8 Å². The van der Waals surface area contributed by atoms with E-state index in [0.29, 0.717) is 5.56 Å². The van der Waals surface area contributed by atoms with Crippen molar-refractivity contribution in [1.82, 2.24) is 0 Å². The molecule has 0 atom stereocenters. The average molecular weight is 322 g/mol. The topological polar surface area (TPSA) is 23.8 Å². The highest BCUT2D eigenvalue weighted by atomic mass is 35.5. The minimum Gasteiger partial charge on any atom is -0.204 e. The van der Waals surface area contributed by atoms with Gasteiger partial charge in [0.1, 0.15) is 6.07 Å². The van der Waals surface area contributed by atoms with E-state index in [4.69, 9.17) is 11.6 Å². The molecule has 0 aliphatic rings. The molecule has 0 unspecified atom stereocenters. The van der Waals surface area contributed by atoms with Crippen molar-refractivity contribution >= 4 is 34.0 Å². The van der Waals surface area contributed by atoms with Gasteiger partial charge >= 0.3 is 0 Å². The number of benzene rings is 2. The van der Waals surface area contributed by atoms with E-state index < -0.39 is 11.6 Å². The molecule has 5 heteroatoms. The molecule has 21 heavy (non-hydrogen) atoms. The summed E-state index contributed by atoms with van der Waals surface area (Å²) in [6.07, 6.45) is 1.95. The van der Waals surface area contributed by atoms with Crippen LogP contribution in [0, 0.1) is 23.0 Å². The zero-order valence-electron chi connectivity index (χ0n) is 11.0. The second kappa shape index (κ2) is 6.75. The summed E-state index contributed by atoms with van der Waals surface area (Å²) >= 11 is 7.82. The van der Waals surface area contributed by atoms with Crippen molar-refractivity contribution in [3.63, 3.8) is 0 Å². The number of hydrogen-bond donors (Lipinski definition) is 0. The van der Waals surface area contributed by atoms with Gasteiger partial charge in [0.25, 0.3) is 0 Å². The Balaban J connectivity index is 2.50. The number of thioether (sulfide) groups is 1. The van der Waals surface area contributed by atoms with Gasteiger partial charge in [0, 0.05) is 4.90 Å².